The van der Waals surface area contributed by atoms with Gasteiger partial charge in [-0.25, -0.2) is 4.79 Å². The van der Waals surface area contributed by atoms with Gasteiger partial charge in [-0.05, 0) is 52.7 Å². The minimum atomic E-state index is -1.07. The molecule has 0 unspecified atom stereocenters. The molecule has 2 rings (SSSR count). The van der Waals surface area contributed by atoms with Gasteiger partial charge in [0.15, 0.2) is 0 Å². The number of benzene rings is 1. The van der Waals surface area contributed by atoms with Crippen molar-refractivity contribution in [3.63, 3.8) is 0 Å². The van der Waals surface area contributed by atoms with Crippen LogP contribution in [0.4, 0.5) is 4.79 Å². The van der Waals surface area contributed by atoms with E-state index in [0.717, 1.165) is 16.5 Å². The molecule has 1 aromatic carbocycles. The highest BCUT2D eigenvalue weighted by atomic mass is 16.6. The molecule has 1 atom stereocenters. The minimum Gasteiger partial charge on any atom is -0.444 e. The van der Waals surface area contributed by atoms with Gasteiger partial charge in [0.25, 0.3) is 0 Å². The van der Waals surface area contributed by atoms with E-state index in [4.69, 9.17) is 4.74 Å². The average Bonchev–Trinajstić information content (AvgIpc) is 2.78. The number of hydrogen-bond acceptors (Lipinski definition) is 3. The highest BCUT2D eigenvalue weighted by Gasteiger charge is 2.30. The molecule has 1 heterocycles. The molecule has 126 valence electrons. The second kappa shape index (κ2) is 6.24. The first-order valence-corrected chi connectivity index (χ1v) is 7.83. The van der Waals surface area contributed by atoms with Crippen molar-refractivity contribution in [2.24, 2.45) is 0 Å². The summed E-state index contributed by atoms with van der Waals surface area (Å²) in [6.07, 6.45) is 1.90. The number of aliphatic hydroxyl groups is 1. The Kier molecular flexibility index (Phi) is 4.71. The van der Waals surface area contributed by atoms with Gasteiger partial charge >= 0.3 is 6.09 Å². The van der Waals surface area contributed by atoms with Gasteiger partial charge in [-0.1, -0.05) is 18.2 Å². The molecule has 1 amide bonds. The molecule has 0 aliphatic carbocycles. The Bertz CT molecular complexity index is 677. The maximum atomic E-state index is 12.1. The van der Waals surface area contributed by atoms with E-state index in [0.29, 0.717) is 6.42 Å². The van der Waals surface area contributed by atoms with Crippen molar-refractivity contribution in [3.8, 4) is 0 Å². The summed E-state index contributed by atoms with van der Waals surface area (Å²) < 4.78 is 5.30. The molecule has 0 saturated carbocycles. The van der Waals surface area contributed by atoms with Crippen LogP contribution in [0.2, 0.25) is 0 Å². The van der Waals surface area contributed by atoms with Crippen LogP contribution in [0.3, 0.4) is 0 Å². The van der Waals surface area contributed by atoms with E-state index in [-0.39, 0.29) is 0 Å². The fraction of sp³-hybridized carbons (Fsp3) is 0.500. The lowest BCUT2D eigenvalue weighted by Crippen LogP contribution is -2.51. The zero-order valence-corrected chi connectivity index (χ0v) is 14.4. The van der Waals surface area contributed by atoms with Crippen LogP contribution in [0.25, 0.3) is 10.9 Å². The molecule has 2 aromatic rings. The normalized spacial score (nSPS) is 13.8. The van der Waals surface area contributed by atoms with Crippen molar-refractivity contribution in [1.29, 1.82) is 0 Å². The molecular weight excluding hydrogens is 292 g/mol. The first-order valence-electron chi connectivity index (χ1n) is 7.83. The number of H-pyrrole nitrogens is 1. The second-order valence-electron chi connectivity index (χ2n) is 7.42. The maximum absolute atomic E-state index is 12.1. The summed E-state index contributed by atoms with van der Waals surface area (Å²) in [5, 5.41) is 14.3. The van der Waals surface area contributed by atoms with E-state index in [2.05, 4.69) is 10.3 Å². The van der Waals surface area contributed by atoms with Crippen LogP contribution in [-0.2, 0) is 11.2 Å². The minimum absolute atomic E-state index is 0.462. The van der Waals surface area contributed by atoms with Crippen molar-refractivity contribution in [2.75, 3.05) is 0 Å². The average molecular weight is 318 g/mol. The number of alkyl carbamates (subject to hydrolysis) is 1. The summed E-state index contributed by atoms with van der Waals surface area (Å²) in [6.45, 7) is 8.80. The van der Waals surface area contributed by atoms with Crippen LogP contribution in [-0.4, -0.2) is 33.4 Å². The van der Waals surface area contributed by atoms with Crippen molar-refractivity contribution < 1.29 is 14.6 Å². The third-order valence-electron chi connectivity index (χ3n) is 3.64. The molecule has 0 radical (unpaired) electrons. The van der Waals surface area contributed by atoms with Gasteiger partial charge in [0.2, 0.25) is 0 Å². The van der Waals surface area contributed by atoms with Gasteiger partial charge in [-0.15, -0.1) is 0 Å². The molecule has 0 bridgehead atoms. The highest BCUT2D eigenvalue weighted by molar-refractivity contribution is 5.83. The van der Waals surface area contributed by atoms with E-state index in [1.165, 1.54) is 0 Å². The molecule has 1 aromatic heterocycles. The van der Waals surface area contributed by atoms with E-state index in [1.54, 1.807) is 13.8 Å². The number of para-hydroxylation sites is 1. The van der Waals surface area contributed by atoms with Gasteiger partial charge in [0.1, 0.15) is 5.60 Å². The first kappa shape index (κ1) is 17.3. The number of hydrogen-bond donors (Lipinski definition) is 3. The number of carbonyl (C=O) groups is 1. The first-order chi connectivity index (χ1) is 10.6. The Morgan fingerprint density at radius 1 is 1.26 bits per heavy atom. The van der Waals surface area contributed by atoms with E-state index in [9.17, 15) is 9.90 Å². The fourth-order valence-electron chi connectivity index (χ4n) is 2.45. The van der Waals surface area contributed by atoms with Gasteiger partial charge in [0.05, 0.1) is 11.6 Å². The molecule has 5 nitrogen and oxygen atoms in total. The molecule has 0 saturated heterocycles. The van der Waals surface area contributed by atoms with Crippen LogP contribution in [0.15, 0.2) is 30.5 Å². The standard InChI is InChI=1S/C18H26N2O3/c1-17(2,3)23-16(21)20-15(18(4,5)22)10-12-11-19-14-9-7-6-8-13(12)14/h6-9,11,15,19,22H,10H2,1-5H3,(H,20,21)/t15-/m0/s1. The van der Waals surface area contributed by atoms with Crippen molar-refractivity contribution >= 4 is 17.0 Å². The molecule has 0 aliphatic heterocycles. The number of rotatable bonds is 4. The van der Waals surface area contributed by atoms with Gasteiger partial charge < -0.3 is 20.1 Å². The molecule has 23 heavy (non-hydrogen) atoms. The smallest absolute Gasteiger partial charge is 0.407 e. The molecule has 0 fully saturated rings. The van der Waals surface area contributed by atoms with Crippen LogP contribution in [0.1, 0.15) is 40.2 Å². The molecule has 0 spiro atoms. The van der Waals surface area contributed by atoms with Crippen molar-refractivity contribution in [1.82, 2.24) is 10.3 Å². The van der Waals surface area contributed by atoms with Crippen LogP contribution >= 0.6 is 0 Å². The van der Waals surface area contributed by atoms with E-state index < -0.39 is 23.3 Å². The molecular formula is C18H26N2O3. The predicted molar refractivity (Wildman–Crippen MR) is 91.5 cm³/mol. The van der Waals surface area contributed by atoms with Crippen LogP contribution in [0.5, 0.6) is 0 Å². The van der Waals surface area contributed by atoms with E-state index >= 15 is 0 Å². The van der Waals surface area contributed by atoms with Crippen LogP contribution in [0, 0.1) is 0 Å². The van der Waals surface area contributed by atoms with Gasteiger partial charge in [-0.3, -0.25) is 0 Å². The van der Waals surface area contributed by atoms with Gasteiger partial charge in [0, 0.05) is 17.1 Å². The maximum Gasteiger partial charge on any atom is 0.407 e. The SMILES string of the molecule is CC(C)(C)OC(=O)N[C@@H](Cc1c[nH]c2ccccc12)C(C)(C)O. The number of aromatic amines is 1. The fourth-order valence-corrected chi connectivity index (χ4v) is 2.45. The highest BCUT2D eigenvalue weighted by Crippen LogP contribution is 2.22. The summed E-state index contributed by atoms with van der Waals surface area (Å²) in [5.41, 5.74) is 0.433. The monoisotopic (exact) mass is 318 g/mol. The molecule has 0 aliphatic rings. The summed E-state index contributed by atoms with van der Waals surface area (Å²) in [4.78, 5) is 15.3. The second-order valence-corrected chi connectivity index (χ2v) is 7.42. The zero-order valence-electron chi connectivity index (χ0n) is 14.4. The number of aromatic nitrogens is 1. The third kappa shape index (κ3) is 4.73. The Hall–Kier alpha value is -2.01. The lowest BCUT2D eigenvalue weighted by molar-refractivity contribution is 0.0171. The number of ether oxygens (including phenoxy) is 1. The van der Waals surface area contributed by atoms with Gasteiger partial charge in [-0.2, -0.15) is 0 Å². The van der Waals surface area contributed by atoms with E-state index in [1.807, 2.05) is 51.2 Å². The zero-order chi connectivity index (χ0) is 17.3. The number of fused-ring (bicyclic) bond motifs is 1. The van der Waals surface area contributed by atoms with Crippen molar-refractivity contribution in [2.45, 2.75) is 58.3 Å². The Labute approximate surface area is 137 Å². The quantitative estimate of drug-likeness (QED) is 0.809. The summed E-state index contributed by atoms with van der Waals surface area (Å²) in [5.74, 6) is 0. The van der Waals surface area contributed by atoms with Crippen molar-refractivity contribution in [3.05, 3.63) is 36.0 Å². The summed E-state index contributed by atoms with van der Waals surface area (Å²) >= 11 is 0. The largest absolute Gasteiger partial charge is 0.444 e. The topological polar surface area (TPSA) is 74.3 Å². The lowest BCUT2D eigenvalue weighted by atomic mass is 9.92. The Morgan fingerprint density at radius 2 is 1.91 bits per heavy atom. The lowest BCUT2D eigenvalue weighted by Gasteiger charge is -2.31. The van der Waals surface area contributed by atoms with Crippen LogP contribution < -0.4 is 5.32 Å². The predicted octanol–water partition coefficient (Wildman–Crippen LogP) is 3.37. The third-order valence-corrected chi connectivity index (χ3v) is 3.64. The Balaban J connectivity index is 2.18. The Morgan fingerprint density at radius 3 is 2.52 bits per heavy atom. The summed E-state index contributed by atoms with van der Waals surface area (Å²) in [6, 6.07) is 7.50. The summed E-state index contributed by atoms with van der Waals surface area (Å²) in [7, 11) is 0. The molecule has 5 heteroatoms. The molecule has 3 N–H and O–H groups in total. The number of nitrogens with one attached hydrogen (secondary N) is 2. The number of amides is 1. The number of carbonyl (C=O) groups excluding carboxylic acids is 1.